The fourth-order valence-corrected chi connectivity index (χ4v) is 6.05. The van der Waals surface area contributed by atoms with E-state index in [1.807, 2.05) is 0 Å². The van der Waals surface area contributed by atoms with Crippen molar-refractivity contribution in [1.29, 1.82) is 0 Å². The van der Waals surface area contributed by atoms with Gasteiger partial charge in [0, 0.05) is 11.1 Å². The number of carbonyl (C=O) groups is 4. The molecule has 0 saturated carbocycles. The van der Waals surface area contributed by atoms with Gasteiger partial charge in [0.15, 0.2) is 0 Å². The Bertz CT molecular complexity index is 1210. The van der Waals surface area contributed by atoms with E-state index in [1.165, 1.54) is 153 Å². The van der Waals surface area contributed by atoms with Crippen molar-refractivity contribution in [2.75, 3.05) is 13.2 Å². The van der Waals surface area contributed by atoms with E-state index in [0.29, 0.717) is 13.2 Å². The van der Waals surface area contributed by atoms with Gasteiger partial charge in [-0.3, -0.25) is 0 Å². The molecule has 0 fully saturated rings. The van der Waals surface area contributed by atoms with Gasteiger partial charge in [-0.1, -0.05) is 245 Å². The van der Waals surface area contributed by atoms with E-state index in [4.69, 9.17) is 9.47 Å². The Kier molecular flexibility index (Phi) is 49.3. The molecule has 4 radical (unpaired) electrons. The Balaban J connectivity index is -0.000000923. The molecule has 2 rings (SSSR count). The van der Waals surface area contributed by atoms with Crippen molar-refractivity contribution in [1.82, 2.24) is 0 Å². The number of carboxylic acid groups (broad SMARTS) is 2. The Morgan fingerprint density at radius 2 is 0.607 bits per heavy atom. The molecular formula is C52H84O8Sn. The molecule has 344 valence electrons. The molecule has 0 N–H and O–H groups in total. The van der Waals surface area contributed by atoms with Gasteiger partial charge in [0.2, 0.25) is 0 Å². The molecule has 0 saturated heterocycles. The van der Waals surface area contributed by atoms with Crippen LogP contribution in [-0.4, -0.2) is 61.0 Å². The summed E-state index contributed by atoms with van der Waals surface area (Å²) in [6.07, 6.45) is 34.5. The summed E-state index contributed by atoms with van der Waals surface area (Å²) in [5, 5.41) is 22.0. The summed E-state index contributed by atoms with van der Waals surface area (Å²) in [6, 6.07) is 12.0. The van der Waals surface area contributed by atoms with Crippen LogP contribution in [0.3, 0.4) is 0 Å². The number of carboxylic acids is 2. The van der Waals surface area contributed by atoms with Crippen LogP contribution in [0.25, 0.3) is 0 Å². The molecule has 0 unspecified atom stereocenters. The first kappa shape index (κ1) is 62.4. The Labute approximate surface area is 390 Å². The summed E-state index contributed by atoms with van der Waals surface area (Å²) < 4.78 is 10.4. The van der Waals surface area contributed by atoms with Crippen molar-refractivity contribution < 1.29 is 38.9 Å². The van der Waals surface area contributed by atoms with Gasteiger partial charge in [-0.2, -0.15) is 0 Å². The summed E-state index contributed by atoms with van der Waals surface area (Å²) in [7, 11) is 0. The van der Waals surface area contributed by atoms with E-state index >= 15 is 0 Å². The van der Waals surface area contributed by atoms with Crippen LogP contribution in [-0.2, 0) is 9.47 Å². The molecule has 0 heterocycles. The minimum Gasteiger partial charge on any atom is -0.545 e. The zero-order valence-corrected chi connectivity index (χ0v) is 41.9. The molecule has 61 heavy (non-hydrogen) atoms. The van der Waals surface area contributed by atoms with Crippen LogP contribution in [0.2, 0.25) is 0 Å². The molecule has 0 aromatic heterocycles. The van der Waals surface area contributed by atoms with E-state index in [-0.39, 0.29) is 46.2 Å². The molecule has 0 spiro atoms. The third-order valence-corrected chi connectivity index (χ3v) is 9.90. The molecule has 0 bridgehead atoms. The summed E-state index contributed by atoms with van der Waals surface area (Å²) in [6.45, 7) is 16.6. The smallest absolute Gasteiger partial charge is 0.545 e. The first-order valence-corrected chi connectivity index (χ1v) is 23.7. The minimum absolute atomic E-state index is 0. The summed E-state index contributed by atoms with van der Waals surface area (Å²) >= 11 is 0. The van der Waals surface area contributed by atoms with Crippen molar-refractivity contribution in [3.05, 3.63) is 84.6 Å². The predicted octanol–water partition coefficient (Wildman–Crippen LogP) is 12.7. The quantitative estimate of drug-likeness (QED) is 0.0402. The van der Waals surface area contributed by atoms with E-state index in [9.17, 15) is 29.4 Å². The molecule has 0 atom stereocenters. The summed E-state index contributed by atoms with van der Waals surface area (Å²) in [4.78, 5) is 45.9. The number of aromatic carboxylic acids is 2. The Morgan fingerprint density at radius 3 is 0.820 bits per heavy atom. The third-order valence-electron chi connectivity index (χ3n) is 9.90. The van der Waals surface area contributed by atoms with Gasteiger partial charge in [0.1, 0.15) is 0 Å². The maximum absolute atomic E-state index is 12.0. The average molecular weight is 956 g/mol. The monoisotopic (exact) mass is 957 g/mol. The van der Waals surface area contributed by atoms with Gasteiger partial charge < -0.3 is 29.3 Å². The van der Waals surface area contributed by atoms with Gasteiger partial charge in [-0.05, 0) is 25.0 Å². The summed E-state index contributed by atoms with van der Waals surface area (Å²) in [5.41, 5.74) is -0.114. The average Bonchev–Trinajstić information content (AvgIpc) is 3.27. The molecule has 0 aliphatic heterocycles. The number of benzene rings is 2. The number of hydrogen-bond donors (Lipinski definition) is 0. The van der Waals surface area contributed by atoms with Crippen LogP contribution < -0.4 is 10.2 Å². The maximum Gasteiger partial charge on any atom is 2.00 e. The molecule has 9 heteroatoms. The van der Waals surface area contributed by atoms with Crippen LogP contribution in [0.4, 0.5) is 0 Å². The number of rotatable bonds is 32. The topological polar surface area (TPSA) is 133 Å². The van der Waals surface area contributed by atoms with Crippen LogP contribution in [0, 0.1) is 13.8 Å². The minimum atomic E-state index is -1.36. The Morgan fingerprint density at radius 1 is 0.393 bits per heavy atom. The van der Waals surface area contributed by atoms with E-state index in [2.05, 4.69) is 41.5 Å². The van der Waals surface area contributed by atoms with Gasteiger partial charge in [-0.25, -0.2) is 9.59 Å². The second kappa shape index (κ2) is 48.2. The SMILES string of the molecule is CCCCCCCCCCCCCCOC(=O)c1ccccc1C(=O)[O-].CCCCCCCCCCCCCCOC(=O)c1ccccc1C(=O)[O-].[CH2]CCC.[CH2]CCC.[Sn+2]. The van der Waals surface area contributed by atoms with Gasteiger partial charge in [0.05, 0.1) is 36.3 Å². The predicted molar refractivity (Wildman–Crippen MR) is 251 cm³/mol. The fourth-order valence-electron chi connectivity index (χ4n) is 6.05. The fraction of sp³-hybridized carbons (Fsp3) is 0.654. The molecule has 0 amide bonds. The molecular weight excluding hydrogens is 871 g/mol. The van der Waals surface area contributed by atoms with Crippen molar-refractivity contribution in [2.24, 2.45) is 0 Å². The van der Waals surface area contributed by atoms with Crippen LogP contribution in [0.5, 0.6) is 0 Å². The van der Waals surface area contributed by atoms with Crippen LogP contribution in [0.15, 0.2) is 48.5 Å². The van der Waals surface area contributed by atoms with Crippen molar-refractivity contribution in [3.8, 4) is 0 Å². The van der Waals surface area contributed by atoms with Gasteiger partial charge >= 0.3 is 35.8 Å². The molecule has 8 nitrogen and oxygen atoms in total. The number of carbonyl (C=O) groups excluding carboxylic acids is 4. The third kappa shape index (κ3) is 38.5. The molecule has 2 aromatic carbocycles. The van der Waals surface area contributed by atoms with E-state index < -0.39 is 23.9 Å². The molecule has 2 aromatic rings. The molecule has 0 aliphatic rings. The maximum atomic E-state index is 12.0. The van der Waals surface area contributed by atoms with Gasteiger partial charge in [0.25, 0.3) is 0 Å². The van der Waals surface area contributed by atoms with Crippen LogP contribution in [0.1, 0.15) is 249 Å². The second-order valence-electron chi connectivity index (χ2n) is 15.4. The largest absolute Gasteiger partial charge is 2.00 e. The number of unbranched alkanes of at least 4 members (excludes halogenated alkanes) is 24. The van der Waals surface area contributed by atoms with Crippen LogP contribution >= 0.6 is 0 Å². The second-order valence-corrected chi connectivity index (χ2v) is 15.4. The molecule has 0 aliphatic carbocycles. The van der Waals surface area contributed by atoms with Crippen molar-refractivity contribution in [2.45, 2.75) is 207 Å². The van der Waals surface area contributed by atoms with Crippen molar-refractivity contribution in [3.63, 3.8) is 0 Å². The first-order chi connectivity index (χ1) is 29.2. The number of hydrogen-bond acceptors (Lipinski definition) is 8. The zero-order chi connectivity index (χ0) is 44.9. The zero-order valence-electron chi connectivity index (χ0n) is 39.0. The normalized spacial score (nSPS) is 10.1. The van der Waals surface area contributed by atoms with E-state index in [0.717, 1.165) is 51.4 Å². The number of esters is 2. The summed E-state index contributed by atoms with van der Waals surface area (Å²) in [5.74, 6) is -3.90. The van der Waals surface area contributed by atoms with E-state index in [1.54, 1.807) is 24.3 Å². The first-order valence-electron chi connectivity index (χ1n) is 23.7. The standard InChI is InChI=1S/2C22H34O4.2C4H9.Sn/c2*1-2-3-4-5-6-7-8-9-10-11-12-15-18-26-22(25)20-17-14-13-16-19(20)21(23)24;2*1-3-4-2;/h2*13-14,16-17H,2-12,15,18H2,1H3,(H,23,24);2*1,3-4H2,2H3;/q;;;;+2/p-2. The van der Waals surface area contributed by atoms with Crippen molar-refractivity contribution >= 4 is 47.8 Å². The van der Waals surface area contributed by atoms with Gasteiger partial charge in [-0.15, -0.1) is 0 Å². The Hall–Kier alpha value is -2.88. The number of ether oxygens (including phenoxy) is 2.